The van der Waals surface area contributed by atoms with Gasteiger partial charge in [-0.15, -0.1) is 0 Å². The van der Waals surface area contributed by atoms with Gasteiger partial charge < -0.3 is 5.11 Å². The molecule has 1 heteroatoms. The minimum Gasteiger partial charge on any atom is -0.508 e. The van der Waals surface area contributed by atoms with Gasteiger partial charge in [0.2, 0.25) is 0 Å². The normalized spacial score (nSPS) is 20.4. The van der Waals surface area contributed by atoms with Crippen molar-refractivity contribution in [3.63, 3.8) is 0 Å². The SMILES string of the molecule is Oc1ccccc1C1CCCCCCCCCCC1. The van der Waals surface area contributed by atoms with E-state index in [4.69, 9.17) is 0 Å². The lowest BCUT2D eigenvalue weighted by atomic mass is 9.87. The first-order chi connectivity index (χ1) is 9.38. The Labute approximate surface area is 118 Å². The van der Waals surface area contributed by atoms with Crippen LogP contribution in [0.2, 0.25) is 0 Å². The highest BCUT2D eigenvalue weighted by atomic mass is 16.3. The van der Waals surface area contributed by atoms with Crippen molar-refractivity contribution in [3.05, 3.63) is 29.8 Å². The van der Waals surface area contributed by atoms with E-state index in [1.807, 2.05) is 12.1 Å². The third kappa shape index (κ3) is 4.89. The molecular formula is C18H28O. The highest BCUT2D eigenvalue weighted by Crippen LogP contribution is 2.34. The maximum absolute atomic E-state index is 10.1. The first-order valence-corrected chi connectivity index (χ1v) is 8.16. The van der Waals surface area contributed by atoms with E-state index in [2.05, 4.69) is 12.1 Å². The molecule has 1 aliphatic rings. The third-order valence-corrected chi connectivity index (χ3v) is 4.48. The summed E-state index contributed by atoms with van der Waals surface area (Å²) in [5, 5.41) is 10.1. The molecule has 2 rings (SSSR count). The Morgan fingerprint density at radius 2 is 1.16 bits per heavy atom. The summed E-state index contributed by atoms with van der Waals surface area (Å²) in [6.45, 7) is 0. The molecule has 1 aromatic carbocycles. The van der Waals surface area contributed by atoms with Crippen molar-refractivity contribution in [3.8, 4) is 5.75 Å². The summed E-state index contributed by atoms with van der Waals surface area (Å²) in [5.74, 6) is 1.07. The van der Waals surface area contributed by atoms with Crippen molar-refractivity contribution >= 4 is 0 Å². The summed E-state index contributed by atoms with van der Waals surface area (Å²) < 4.78 is 0. The van der Waals surface area contributed by atoms with E-state index >= 15 is 0 Å². The number of hydrogen-bond donors (Lipinski definition) is 1. The fourth-order valence-corrected chi connectivity index (χ4v) is 3.31. The van der Waals surface area contributed by atoms with Crippen LogP contribution in [0.3, 0.4) is 0 Å². The van der Waals surface area contributed by atoms with Crippen LogP contribution in [0.15, 0.2) is 24.3 Å². The zero-order chi connectivity index (χ0) is 13.3. The fourth-order valence-electron chi connectivity index (χ4n) is 3.31. The minimum absolute atomic E-state index is 0.500. The van der Waals surface area contributed by atoms with Crippen LogP contribution in [-0.4, -0.2) is 5.11 Å². The van der Waals surface area contributed by atoms with Gasteiger partial charge in [-0.05, 0) is 30.4 Å². The van der Waals surface area contributed by atoms with Crippen molar-refractivity contribution < 1.29 is 5.11 Å². The van der Waals surface area contributed by atoms with Gasteiger partial charge in [0.25, 0.3) is 0 Å². The van der Waals surface area contributed by atoms with Crippen molar-refractivity contribution in [2.45, 2.75) is 76.5 Å². The van der Waals surface area contributed by atoms with E-state index in [0.717, 1.165) is 0 Å². The minimum atomic E-state index is 0.500. The van der Waals surface area contributed by atoms with Gasteiger partial charge in [0.05, 0.1) is 0 Å². The molecule has 0 atom stereocenters. The second kappa shape index (κ2) is 8.24. The second-order valence-electron chi connectivity index (χ2n) is 6.02. The monoisotopic (exact) mass is 260 g/mol. The smallest absolute Gasteiger partial charge is 0.119 e. The lowest BCUT2D eigenvalue weighted by Gasteiger charge is -2.19. The standard InChI is InChI=1S/C18H28O/c19-18-15-11-10-14-17(18)16-12-8-6-4-2-1-3-5-7-9-13-16/h10-11,14-16,19H,1-9,12-13H2. The van der Waals surface area contributed by atoms with Crippen molar-refractivity contribution in [2.24, 2.45) is 0 Å². The van der Waals surface area contributed by atoms with E-state index in [1.54, 1.807) is 0 Å². The quantitative estimate of drug-likeness (QED) is 0.678. The number of benzene rings is 1. The molecule has 0 radical (unpaired) electrons. The van der Waals surface area contributed by atoms with Crippen LogP contribution in [0, 0.1) is 0 Å². The predicted molar refractivity (Wildman–Crippen MR) is 81.6 cm³/mol. The van der Waals surface area contributed by atoms with Crippen LogP contribution in [0.4, 0.5) is 0 Å². The molecule has 0 heterocycles. The van der Waals surface area contributed by atoms with Crippen LogP contribution in [0.1, 0.15) is 82.1 Å². The summed E-state index contributed by atoms with van der Waals surface area (Å²) in [6.07, 6.45) is 14.9. The number of para-hydroxylation sites is 1. The number of hydrogen-bond acceptors (Lipinski definition) is 1. The van der Waals surface area contributed by atoms with Gasteiger partial charge in [-0.3, -0.25) is 0 Å². The lowest BCUT2D eigenvalue weighted by molar-refractivity contribution is 0.433. The van der Waals surface area contributed by atoms with Gasteiger partial charge in [0.1, 0.15) is 5.75 Å². The van der Waals surface area contributed by atoms with Crippen molar-refractivity contribution in [2.75, 3.05) is 0 Å². The Kier molecular flexibility index (Phi) is 6.26. The fraction of sp³-hybridized carbons (Fsp3) is 0.667. The lowest BCUT2D eigenvalue weighted by Crippen LogP contribution is -2.01. The summed E-state index contributed by atoms with van der Waals surface area (Å²) >= 11 is 0. The first kappa shape index (κ1) is 14.4. The summed E-state index contributed by atoms with van der Waals surface area (Å²) in [5.41, 5.74) is 1.18. The molecule has 0 spiro atoms. The molecule has 0 amide bonds. The first-order valence-electron chi connectivity index (χ1n) is 8.16. The van der Waals surface area contributed by atoms with E-state index in [9.17, 15) is 5.11 Å². The van der Waals surface area contributed by atoms with Crippen LogP contribution in [-0.2, 0) is 0 Å². The Bertz CT molecular complexity index is 346. The molecule has 0 bridgehead atoms. The second-order valence-corrected chi connectivity index (χ2v) is 6.02. The Morgan fingerprint density at radius 3 is 1.68 bits per heavy atom. The maximum Gasteiger partial charge on any atom is 0.119 e. The molecule has 19 heavy (non-hydrogen) atoms. The van der Waals surface area contributed by atoms with E-state index < -0.39 is 0 Å². The highest BCUT2D eigenvalue weighted by Gasteiger charge is 2.14. The molecule has 1 saturated carbocycles. The molecular weight excluding hydrogens is 232 g/mol. The largest absolute Gasteiger partial charge is 0.508 e. The summed E-state index contributed by atoms with van der Waals surface area (Å²) in [4.78, 5) is 0. The van der Waals surface area contributed by atoms with Gasteiger partial charge in [-0.2, -0.15) is 0 Å². The van der Waals surface area contributed by atoms with Gasteiger partial charge >= 0.3 is 0 Å². The highest BCUT2D eigenvalue weighted by molar-refractivity contribution is 5.34. The zero-order valence-corrected chi connectivity index (χ0v) is 12.1. The van der Waals surface area contributed by atoms with Gasteiger partial charge in [0.15, 0.2) is 0 Å². The van der Waals surface area contributed by atoms with Gasteiger partial charge in [0, 0.05) is 0 Å². The Morgan fingerprint density at radius 1 is 0.684 bits per heavy atom. The average Bonchev–Trinajstić information content (AvgIpc) is 2.40. The molecule has 1 N–H and O–H groups in total. The van der Waals surface area contributed by atoms with Crippen LogP contribution in [0.5, 0.6) is 5.75 Å². The van der Waals surface area contributed by atoms with E-state index in [1.165, 1.54) is 76.2 Å². The number of aromatic hydroxyl groups is 1. The topological polar surface area (TPSA) is 20.2 Å². The Hall–Kier alpha value is -0.980. The molecule has 106 valence electrons. The van der Waals surface area contributed by atoms with Gasteiger partial charge in [-0.1, -0.05) is 76.0 Å². The predicted octanol–water partition coefficient (Wildman–Crippen LogP) is 5.78. The number of rotatable bonds is 1. The summed E-state index contributed by atoms with van der Waals surface area (Å²) in [7, 11) is 0. The molecule has 1 nitrogen and oxygen atoms in total. The van der Waals surface area contributed by atoms with Crippen LogP contribution < -0.4 is 0 Å². The zero-order valence-electron chi connectivity index (χ0n) is 12.1. The average molecular weight is 260 g/mol. The molecule has 1 aliphatic carbocycles. The van der Waals surface area contributed by atoms with E-state index in [-0.39, 0.29) is 0 Å². The molecule has 1 fully saturated rings. The third-order valence-electron chi connectivity index (χ3n) is 4.48. The van der Waals surface area contributed by atoms with Crippen molar-refractivity contribution in [1.29, 1.82) is 0 Å². The molecule has 0 saturated heterocycles. The van der Waals surface area contributed by atoms with Crippen LogP contribution >= 0.6 is 0 Å². The summed E-state index contributed by atoms with van der Waals surface area (Å²) in [6, 6.07) is 7.94. The number of phenolic OH excluding ortho intramolecular Hbond substituents is 1. The van der Waals surface area contributed by atoms with Crippen LogP contribution in [0.25, 0.3) is 0 Å². The van der Waals surface area contributed by atoms with E-state index in [0.29, 0.717) is 11.7 Å². The van der Waals surface area contributed by atoms with Gasteiger partial charge in [-0.25, -0.2) is 0 Å². The molecule has 0 aliphatic heterocycles. The molecule has 1 aromatic rings. The van der Waals surface area contributed by atoms with Crippen molar-refractivity contribution in [1.82, 2.24) is 0 Å². The molecule has 0 aromatic heterocycles. The molecule has 0 unspecified atom stereocenters. The number of phenols is 1. The Balaban J connectivity index is 1.97. The maximum atomic E-state index is 10.1.